The highest BCUT2D eigenvalue weighted by atomic mass is 16.2. The van der Waals surface area contributed by atoms with E-state index in [2.05, 4.69) is 22.7 Å². The van der Waals surface area contributed by atoms with E-state index in [-0.39, 0.29) is 6.03 Å². The predicted molar refractivity (Wildman–Crippen MR) is 83.1 cm³/mol. The highest BCUT2D eigenvalue weighted by molar-refractivity contribution is 5.73. The zero-order valence-corrected chi connectivity index (χ0v) is 12.8. The maximum absolute atomic E-state index is 11.7. The van der Waals surface area contributed by atoms with Gasteiger partial charge >= 0.3 is 6.03 Å². The Morgan fingerprint density at radius 1 is 1.14 bits per heavy atom. The van der Waals surface area contributed by atoms with Crippen LogP contribution in [0, 0.1) is 20.8 Å². The number of aryl methyl sites for hydroxylation is 1. The van der Waals surface area contributed by atoms with E-state index in [4.69, 9.17) is 0 Å². The number of hydrogen-bond donors (Lipinski definition) is 2. The number of nitrogens with zero attached hydrogens (tertiary/aromatic N) is 2. The summed E-state index contributed by atoms with van der Waals surface area (Å²) in [6.07, 6.45) is 0. The van der Waals surface area contributed by atoms with Gasteiger partial charge in [-0.3, -0.25) is 4.68 Å². The summed E-state index contributed by atoms with van der Waals surface area (Å²) in [4.78, 5) is 11.7. The Hall–Kier alpha value is -2.30. The molecule has 2 N–H and O–H groups in total. The van der Waals surface area contributed by atoms with Gasteiger partial charge in [0.05, 0.1) is 12.2 Å². The van der Waals surface area contributed by atoms with E-state index in [1.165, 1.54) is 5.56 Å². The van der Waals surface area contributed by atoms with E-state index in [9.17, 15) is 4.79 Å². The third kappa shape index (κ3) is 4.08. The maximum atomic E-state index is 11.7. The number of hydrogen-bond acceptors (Lipinski definition) is 2. The summed E-state index contributed by atoms with van der Waals surface area (Å²) in [6.45, 7) is 7.88. The van der Waals surface area contributed by atoms with Crippen LogP contribution in [0.3, 0.4) is 0 Å². The molecule has 0 spiro atoms. The first-order chi connectivity index (χ1) is 10.1. The van der Waals surface area contributed by atoms with E-state index in [0.29, 0.717) is 19.6 Å². The maximum Gasteiger partial charge on any atom is 0.315 e. The second kappa shape index (κ2) is 6.92. The molecule has 0 saturated carbocycles. The molecule has 1 aromatic heterocycles. The molecule has 21 heavy (non-hydrogen) atoms. The predicted octanol–water partition coefficient (Wildman–Crippen LogP) is 2.31. The molecule has 2 rings (SSSR count). The third-order valence-electron chi connectivity index (χ3n) is 3.65. The van der Waals surface area contributed by atoms with Gasteiger partial charge in [-0.25, -0.2) is 4.79 Å². The quantitative estimate of drug-likeness (QED) is 0.886. The molecule has 1 aromatic carbocycles. The van der Waals surface area contributed by atoms with Gasteiger partial charge in [0.15, 0.2) is 0 Å². The summed E-state index contributed by atoms with van der Waals surface area (Å²) in [5, 5.41) is 10.1. The third-order valence-corrected chi connectivity index (χ3v) is 3.65. The fourth-order valence-corrected chi connectivity index (χ4v) is 2.12. The molecule has 0 saturated heterocycles. The number of benzene rings is 1. The van der Waals surface area contributed by atoms with Crippen LogP contribution in [0.2, 0.25) is 0 Å². The smallest absolute Gasteiger partial charge is 0.315 e. The molecule has 0 aliphatic carbocycles. The van der Waals surface area contributed by atoms with Crippen LogP contribution < -0.4 is 10.6 Å². The Morgan fingerprint density at radius 3 is 2.48 bits per heavy atom. The van der Waals surface area contributed by atoms with Gasteiger partial charge in [0.2, 0.25) is 0 Å². The topological polar surface area (TPSA) is 59.0 Å². The molecule has 5 nitrogen and oxygen atoms in total. The van der Waals surface area contributed by atoms with E-state index in [1.54, 1.807) is 0 Å². The Morgan fingerprint density at radius 2 is 1.86 bits per heavy atom. The number of carbonyl (C=O) groups excluding carboxylic acids is 1. The average molecular weight is 286 g/mol. The van der Waals surface area contributed by atoms with Gasteiger partial charge in [-0.2, -0.15) is 5.10 Å². The lowest BCUT2D eigenvalue weighted by atomic mass is 10.2. The van der Waals surface area contributed by atoms with Gasteiger partial charge in [0, 0.05) is 18.8 Å². The number of aromatic nitrogens is 2. The molecule has 2 amide bonds. The van der Waals surface area contributed by atoms with E-state index < -0.39 is 0 Å². The number of rotatable bonds is 5. The minimum Gasteiger partial charge on any atom is -0.336 e. The summed E-state index contributed by atoms with van der Waals surface area (Å²) >= 11 is 0. The normalized spacial score (nSPS) is 10.4. The number of urea groups is 1. The largest absolute Gasteiger partial charge is 0.336 e. The summed E-state index contributed by atoms with van der Waals surface area (Å²) < 4.78 is 1.93. The molecule has 0 radical (unpaired) electrons. The van der Waals surface area contributed by atoms with Crippen molar-refractivity contribution in [3.05, 3.63) is 52.8 Å². The standard InChI is InChI=1S/C16H22N4O/c1-12-13(2)19-20(14(12)3)10-9-17-16(21)18-11-15-7-5-4-6-8-15/h4-8H,9-11H2,1-3H3,(H2,17,18,21). The Bertz CT molecular complexity index is 604. The molecule has 2 aromatic rings. The van der Waals surface area contributed by atoms with Crippen molar-refractivity contribution in [3.63, 3.8) is 0 Å². The van der Waals surface area contributed by atoms with Crippen molar-refractivity contribution in [2.45, 2.75) is 33.9 Å². The van der Waals surface area contributed by atoms with Crippen LogP contribution in [-0.2, 0) is 13.1 Å². The first kappa shape index (κ1) is 15.1. The van der Waals surface area contributed by atoms with Crippen LogP contribution in [0.5, 0.6) is 0 Å². The lowest BCUT2D eigenvalue weighted by Gasteiger charge is -2.09. The van der Waals surface area contributed by atoms with Crippen LogP contribution in [0.4, 0.5) is 4.79 Å². The van der Waals surface area contributed by atoms with Gasteiger partial charge in [-0.15, -0.1) is 0 Å². The Kier molecular flexibility index (Phi) is 4.98. The minimum atomic E-state index is -0.155. The van der Waals surface area contributed by atoms with Crippen LogP contribution in [0.15, 0.2) is 30.3 Å². The van der Waals surface area contributed by atoms with Gasteiger partial charge in [0.25, 0.3) is 0 Å². The molecule has 0 unspecified atom stereocenters. The van der Waals surface area contributed by atoms with E-state index >= 15 is 0 Å². The van der Waals surface area contributed by atoms with Crippen molar-refractivity contribution in [2.75, 3.05) is 6.54 Å². The van der Waals surface area contributed by atoms with E-state index in [1.807, 2.05) is 48.9 Å². The molecular formula is C16H22N4O. The van der Waals surface area contributed by atoms with Crippen molar-refractivity contribution in [1.82, 2.24) is 20.4 Å². The van der Waals surface area contributed by atoms with Crippen molar-refractivity contribution < 1.29 is 4.79 Å². The summed E-state index contributed by atoms with van der Waals surface area (Å²) in [5.41, 5.74) is 4.49. The summed E-state index contributed by atoms with van der Waals surface area (Å²) in [6, 6.07) is 9.69. The molecule has 0 fully saturated rings. The van der Waals surface area contributed by atoms with Crippen molar-refractivity contribution in [3.8, 4) is 0 Å². The highest BCUT2D eigenvalue weighted by Gasteiger charge is 2.07. The van der Waals surface area contributed by atoms with Gasteiger partial charge in [-0.05, 0) is 31.9 Å². The second-order valence-electron chi connectivity index (χ2n) is 5.11. The molecule has 0 aliphatic heterocycles. The SMILES string of the molecule is Cc1nn(CCNC(=O)NCc2ccccc2)c(C)c1C. The van der Waals surface area contributed by atoms with E-state index in [0.717, 1.165) is 17.0 Å². The monoisotopic (exact) mass is 286 g/mol. The fourth-order valence-electron chi connectivity index (χ4n) is 2.12. The van der Waals surface area contributed by atoms with Gasteiger partial charge in [-0.1, -0.05) is 30.3 Å². The molecule has 5 heteroatoms. The molecule has 112 valence electrons. The average Bonchev–Trinajstić information content (AvgIpc) is 2.74. The van der Waals surface area contributed by atoms with Crippen LogP contribution >= 0.6 is 0 Å². The number of nitrogens with one attached hydrogen (secondary N) is 2. The van der Waals surface area contributed by atoms with Crippen molar-refractivity contribution in [2.24, 2.45) is 0 Å². The molecule has 1 heterocycles. The molecule has 0 aliphatic rings. The molecule has 0 atom stereocenters. The minimum absolute atomic E-state index is 0.155. The first-order valence-electron chi connectivity index (χ1n) is 7.14. The zero-order chi connectivity index (χ0) is 15.2. The Balaban J connectivity index is 1.73. The Labute approximate surface area is 125 Å². The van der Waals surface area contributed by atoms with Crippen molar-refractivity contribution in [1.29, 1.82) is 0 Å². The van der Waals surface area contributed by atoms with Crippen molar-refractivity contribution >= 4 is 6.03 Å². The second-order valence-corrected chi connectivity index (χ2v) is 5.11. The highest BCUT2D eigenvalue weighted by Crippen LogP contribution is 2.10. The fraction of sp³-hybridized carbons (Fsp3) is 0.375. The summed E-state index contributed by atoms with van der Waals surface area (Å²) in [5.74, 6) is 0. The lowest BCUT2D eigenvalue weighted by Crippen LogP contribution is -2.37. The van der Waals surface area contributed by atoms with Crippen LogP contribution in [-0.4, -0.2) is 22.4 Å². The van der Waals surface area contributed by atoms with Gasteiger partial charge in [0.1, 0.15) is 0 Å². The van der Waals surface area contributed by atoms with Gasteiger partial charge < -0.3 is 10.6 Å². The summed E-state index contributed by atoms with van der Waals surface area (Å²) in [7, 11) is 0. The molecular weight excluding hydrogens is 264 g/mol. The first-order valence-corrected chi connectivity index (χ1v) is 7.14. The lowest BCUT2D eigenvalue weighted by molar-refractivity contribution is 0.240. The molecule has 0 bridgehead atoms. The van der Waals surface area contributed by atoms with Crippen LogP contribution in [0.25, 0.3) is 0 Å². The number of carbonyl (C=O) groups is 1. The van der Waals surface area contributed by atoms with Crippen LogP contribution in [0.1, 0.15) is 22.5 Å². The zero-order valence-electron chi connectivity index (χ0n) is 12.8. The number of amides is 2.